The van der Waals surface area contributed by atoms with Gasteiger partial charge in [-0.3, -0.25) is 9.80 Å². The van der Waals surface area contributed by atoms with E-state index in [0.29, 0.717) is 0 Å². The molecule has 2 heterocycles. The minimum Gasteiger partial charge on any atom is -0.492 e. The number of rotatable bonds is 6. The van der Waals surface area contributed by atoms with Crippen LogP contribution < -0.4 is 10.1 Å². The van der Waals surface area contributed by atoms with Crippen molar-refractivity contribution in [3.05, 3.63) is 30.3 Å². The van der Waals surface area contributed by atoms with Crippen molar-refractivity contribution in [1.82, 2.24) is 15.1 Å². The van der Waals surface area contributed by atoms with Gasteiger partial charge in [0.05, 0.1) is 0 Å². The molecule has 2 aliphatic heterocycles. The molecule has 0 spiro atoms. The van der Waals surface area contributed by atoms with Gasteiger partial charge in [-0.05, 0) is 31.5 Å². The van der Waals surface area contributed by atoms with Crippen LogP contribution >= 0.6 is 0 Å². The second-order valence-corrected chi connectivity index (χ2v) is 6.10. The molecule has 2 aliphatic rings. The molecule has 21 heavy (non-hydrogen) atoms. The Morgan fingerprint density at radius 2 is 1.81 bits per heavy atom. The van der Waals surface area contributed by atoms with E-state index >= 15 is 0 Å². The SMILES string of the molecule is c1ccc(OCCN2CCN(CC3CCCN3)CC2)cc1. The topological polar surface area (TPSA) is 27.7 Å². The Hall–Kier alpha value is -1.10. The van der Waals surface area contributed by atoms with E-state index in [1.807, 2.05) is 30.3 Å². The Balaban J connectivity index is 1.30. The quantitative estimate of drug-likeness (QED) is 0.857. The minimum absolute atomic E-state index is 0.734. The molecule has 4 nitrogen and oxygen atoms in total. The van der Waals surface area contributed by atoms with Crippen LogP contribution in [0.1, 0.15) is 12.8 Å². The molecule has 1 atom stereocenters. The predicted molar refractivity (Wildman–Crippen MR) is 85.8 cm³/mol. The summed E-state index contributed by atoms with van der Waals surface area (Å²) < 4.78 is 5.78. The highest BCUT2D eigenvalue weighted by Gasteiger charge is 2.21. The Bertz CT molecular complexity index is 398. The fourth-order valence-electron chi connectivity index (χ4n) is 3.23. The summed E-state index contributed by atoms with van der Waals surface area (Å²) in [5, 5.41) is 3.59. The molecule has 2 saturated heterocycles. The Morgan fingerprint density at radius 1 is 1.05 bits per heavy atom. The molecule has 1 aromatic carbocycles. The van der Waals surface area contributed by atoms with Crippen LogP contribution in [0.2, 0.25) is 0 Å². The smallest absolute Gasteiger partial charge is 0.119 e. The molecule has 0 saturated carbocycles. The largest absolute Gasteiger partial charge is 0.492 e. The summed E-state index contributed by atoms with van der Waals surface area (Å²) in [4.78, 5) is 5.12. The summed E-state index contributed by atoms with van der Waals surface area (Å²) in [6, 6.07) is 10.8. The lowest BCUT2D eigenvalue weighted by Gasteiger charge is -2.35. The molecular formula is C17H27N3O. The third-order valence-electron chi connectivity index (χ3n) is 4.53. The van der Waals surface area contributed by atoms with Crippen molar-refractivity contribution in [1.29, 1.82) is 0 Å². The van der Waals surface area contributed by atoms with Crippen molar-refractivity contribution < 1.29 is 4.74 Å². The van der Waals surface area contributed by atoms with Crippen LogP contribution in [0.5, 0.6) is 5.75 Å². The molecule has 0 aromatic heterocycles. The maximum Gasteiger partial charge on any atom is 0.119 e. The molecule has 2 fully saturated rings. The van der Waals surface area contributed by atoms with Crippen LogP contribution in [-0.2, 0) is 0 Å². The third-order valence-corrected chi connectivity index (χ3v) is 4.53. The van der Waals surface area contributed by atoms with E-state index in [1.165, 1.54) is 52.1 Å². The van der Waals surface area contributed by atoms with Gasteiger partial charge >= 0.3 is 0 Å². The highest BCUT2D eigenvalue weighted by molar-refractivity contribution is 5.20. The third kappa shape index (κ3) is 4.70. The Labute approximate surface area is 128 Å². The van der Waals surface area contributed by atoms with Gasteiger partial charge in [0.1, 0.15) is 12.4 Å². The maximum atomic E-state index is 5.78. The zero-order valence-corrected chi connectivity index (χ0v) is 12.8. The van der Waals surface area contributed by atoms with E-state index in [1.54, 1.807) is 0 Å². The van der Waals surface area contributed by atoms with E-state index in [4.69, 9.17) is 4.74 Å². The van der Waals surface area contributed by atoms with Gasteiger partial charge in [-0.25, -0.2) is 0 Å². The highest BCUT2D eigenvalue weighted by Crippen LogP contribution is 2.10. The lowest BCUT2D eigenvalue weighted by atomic mass is 10.2. The first kappa shape index (κ1) is 14.8. The molecule has 0 aliphatic carbocycles. The summed E-state index contributed by atoms with van der Waals surface area (Å²) in [6.07, 6.45) is 2.70. The Kier molecular flexibility index (Phi) is 5.49. The van der Waals surface area contributed by atoms with Crippen LogP contribution in [-0.4, -0.2) is 68.3 Å². The first-order valence-electron chi connectivity index (χ1n) is 8.26. The molecule has 1 unspecified atom stereocenters. The summed E-state index contributed by atoms with van der Waals surface area (Å²) in [7, 11) is 0. The van der Waals surface area contributed by atoms with Gasteiger partial charge in [0, 0.05) is 45.3 Å². The molecule has 4 heteroatoms. The fraction of sp³-hybridized carbons (Fsp3) is 0.647. The fourth-order valence-corrected chi connectivity index (χ4v) is 3.23. The van der Waals surface area contributed by atoms with E-state index in [2.05, 4.69) is 15.1 Å². The van der Waals surface area contributed by atoms with Crippen LogP contribution in [0.15, 0.2) is 30.3 Å². The van der Waals surface area contributed by atoms with E-state index < -0.39 is 0 Å². The summed E-state index contributed by atoms with van der Waals surface area (Å²) in [5.74, 6) is 0.975. The van der Waals surface area contributed by atoms with Crippen LogP contribution in [0, 0.1) is 0 Å². The summed E-state index contributed by atoms with van der Waals surface area (Å²) in [5.41, 5.74) is 0. The number of nitrogens with one attached hydrogen (secondary N) is 1. The molecule has 0 bridgehead atoms. The number of benzene rings is 1. The molecule has 116 valence electrons. The second kappa shape index (κ2) is 7.78. The van der Waals surface area contributed by atoms with E-state index in [0.717, 1.165) is 24.9 Å². The van der Waals surface area contributed by atoms with Crippen LogP contribution in [0.25, 0.3) is 0 Å². The molecule has 0 amide bonds. The zero-order valence-electron chi connectivity index (χ0n) is 12.8. The lowest BCUT2D eigenvalue weighted by Crippen LogP contribution is -2.50. The van der Waals surface area contributed by atoms with Crippen molar-refractivity contribution in [2.45, 2.75) is 18.9 Å². The van der Waals surface area contributed by atoms with Gasteiger partial charge < -0.3 is 10.1 Å². The minimum atomic E-state index is 0.734. The van der Waals surface area contributed by atoms with Gasteiger partial charge in [0.15, 0.2) is 0 Å². The standard InChI is InChI=1S/C17H27N3O/c1-2-6-17(7-3-1)21-14-13-19-9-11-20(12-10-19)15-16-5-4-8-18-16/h1-3,6-7,16,18H,4-5,8-15H2. The average molecular weight is 289 g/mol. The normalized spacial score (nSPS) is 24.3. The summed E-state index contributed by atoms with van der Waals surface area (Å²) in [6.45, 7) is 9.00. The first-order valence-corrected chi connectivity index (χ1v) is 8.26. The van der Waals surface area contributed by atoms with E-state index in [-0.39, 0.29) is 0 Å². The number of piperazine rings is 1. The second-order valence-electron chi connectivity index (χ2n) is 6.10. The van der Waals surface area contributed by atoms with Crippen molar-refractivity contribution in [2.75, 3.05) is 52.4 Å². The highest BCUT2D eigenvalue weighted by atomic mass is 16.5. The molecule has 0 radical (unpaired) electrons. The lowest BCUT2D eigenvalue weighted by molar-refractivity contribution is 0.111. The van der Waals surface area contributed by atoms with Crippen molar-refractivity contribution in [2.24, 2.45) is 0 Å². The monoisotopic (exact) mass is 289 g/mol. The number of nitrogens with zero attached hydrogens (tertiary/aromatic N) is 2. The molecular weight excluding hydrogens is 262 g/mol. The predicted octanol–water partition coefficient (Wildman–Crippen LogP) is 1.44. The van der Waals surface area contributed by atoms with Crippen molar-refractivity contribution >= 4 is 0 Å². The summed E-state index contributed by atoms with van der Waals surface area (Å²) >= 11 is 0. The van der Waals surface area contributed by atoms with Crippen LogP contribution in [0.4, 0.5) is 0 Å². The van der Waals surface area contributed by atoms with E-state index in [9.17, 15) is 0 Å². The van der Waals surface area contributed by atoms with Gasteiger partial charge in [-0.1, -0.05) is 18.2 Å². The number of hydrogen-bond donors (Lipinski definition) is 1. The van der Waals surface area contributed by atoms with Gasteiger partial charge in [-0.2, -0.15) is 0 Å². The zero-order chi connectivity index (χ0) is 14.3. The Morgan fingerprint density at radius 3 is 2.52 bits per heavy atom. The van der Waals surface area contributed by atoms with Gasteiger partial charge in [-0.15, -0.1) is 0 Å². The molecule has 1 aromatic rings. The number of ether oxygens (including phenoxy) is 1. The van der Waals surface area contributed by atoms with Crippen LogP contribution in [0.3, 0.4) is 0 Å². The molecule has 1 N–H and O–H groups in total. The first-order chi connectivity index (χ1) is 10.4. The maximum absolute atomic E-state index is 5.78. The van der Waals surface area contributed by atoms with Gasteiger partial charge in [0.25, 0.3) is 0 Å². The molecule has 3 rings (SSSR count). The number of hydrogen-bond acceptors (Lipinski definition) is 4. The average Bonchev–Trinajstić information content (AvgIpc) is 3.03. The van der Waals surface area contributed by atoms with Crippen molar-refractivity contribution in [3.63, 3.8) is 0 Å². The number of para-hydroxylation sites is 1. The van der Waals surface area contributed by atoms with Crippen molar-refractivity contribution in [3.8, 4) is 5.75 Å². The van der Waals surface area contributed by atoms with Gasteiger partial charge in [0.2, 0.25) is 0 Å².